The number of nitrogens with zero attached hydrogens (tertiary/aromatic N) is 1. The molecule has 2 aromatic rings. The fraction of sp³-hybridized carbons (Fsp3) is 0.400. The van der Waals surface area contributed by atoms with E-state index in [4.69, 9.17) is 9.52 Å². The lowest BCUT2D eigenvalue weighted by molar-refractivity contribution is -0.137. The van der Waals surface area contributed by atoms with E-state index in [1.165, 1.54) is 4.90 Å². The molecule has 0 aliphatic heterocycles. The number of aliphatic hydroxyl groups is 1. The van der Waals surface area contributed by atoms with Crippen LogP contribution in [0.1, 0.15) is 29.9 Å². The zero-order chi connectivity index (χ0) is 19.6. The average molecular weight is 374 g/mol. The predicted octanol–water partition coefficient (Wildman–Crippen LogP) is 2.57. The number of hydrogen-bond donors (Lipinski definition) is 3. The molecule has 1 unspecified atom stereocenters. The van der Waals surface area contributed by atoms with Crippen LogP contribution in [0.2, 0.25) is 0 Å². The van der Waals surface area contributed by atoms with Gasteiger partial charge in [0.1, 0.15) is 11.5 Å². The van der Waals surface area contributed by atoms with Crippen molar-refractivity contribution in [2.75, 3.05) is 13.2 Å². The zero-order valence-electron chi connectivity index (χ0n) is 15.4. The highest BCUT2D eigenvalue weighted by Crippen LogP contribution is 2.12. The molecule has 1 atom stereocenters. The second kappa shape index (κ2) is 10.4. The summed E-state index contributed by atoms with van der Waals surface area (Å²) in [5.41, 5.74) is 1.02. The van der Waals surface area contributed by atoms with Crippen LogP contribution in [0.4, 0.5) is 4.79 Å². The third kappa shape index (κ3) is 7.15. The summed E-state index contributed by atoms with van der Waals surface area (Å²) in [6, 6.07) is 12.5. The molecule has 0 aliphatic carbocycles. The Balaban J connectivity index is 2.04. The van der Waals surface area contributed by atoms with Crippen LogP contribution in [-0.2, 0) is 17.8 Å². The summed E-state index contributed by atoms with van der Waals surface area (Å²) in [5.74, 6) is 0.472. The number of carbonyl (C=O) groups is 2. The van der Waals surface area contributed by atoms with E-state index in [1.54, 1.807) is 6.07 Å². The number of aliphatic carboxylic acids is 1. The van der Waals surface area contributed by atoms with Crippen molar-refractivity contribution in [1.29, 1.82) is 0 Å². The van der Waals surface area contributed by atoms with Gasteiger partial charge in [-0.05, 0) is 37.5 Å². The largest absolute Gasteiger partial charge is 0.481 e. The summed E-state index contributed by atoms with van der Waals surface area (Å²) in [7, 11) is 0. The van der Waals surface area contributed by atoms with E-state index >= 15 is 0 Å². The highest BCUT2D eigenvalue weighted by atomic mass is 16.4. The van der Waals surface area contributed by atoms with Gasteiger partial charge in [-0.15, -0.1) is 0 Å². The van der Waals surface area contributed by atoms with Crippen molar-refractivity contribution in [3.05, 3.63) is 59.5 Å². The fourth-order valence-electron chi connectivity index (χ4n) is 2.82. The van der Waals surface area contributed by atoms with E-state index < -0.39 is 5.97 Å². The van der Waals surface area contributed by atoms with Crippen LogP contribution in [0.5, 0.6) is 0 Å². The van der Waals surface area contributed by atoms with Gasteiger partial charge in [-0.2, -0.15) is 0 Å². The molecule has 2 amide bonds. The molecule has 0 radical (unpaired) electrons. The van der Waals surface area contributed by atoms with Gasteiger partial charge in [0, 0.05) is 19.0 Å². The van der Waals surface area contributed by atoms with Gasteiger partial charge in [0.2, 0.25) is 0 Å². The van der Waals surface area contributed by atoms with Gasteiger partial charge in [-0.3, -0.25) is 4.79 Å². The number of carboxylic acid groups (broad SMARTS) is 1. The summed E-state index contributed by atoms with van der Waals surface area (Å²) >= 11 is 0. The molecule has 146 valence electrons. The number of aliphatic hydroxyl groups excluding tert-OH is 1. The first kappa shape index (κ1) is 20.5. The zero-order valence-corrected chi connectivity index (χ0v) is 15.4. The second-order valence-corrected chi connectivity index (χ2v) is 6.43. The van der Waals surface area contributed by atoms with Gasteiger partial charge in [-0.25, -0.2) is 4.79 Å². The van der Waals surface area contributed by atoms with Crippen molar-refractivity contribution >= 4 is 12.0 Å². The Bertz CT molecular complexity index is 729. The SMILES string of the molecule is Cc1ccc(CN(CCO)C(=O)NC(CCC(=O)O)Cc2ccccc2)o1. The molecule has 1 aromatic heterocycles. The molecule has 0 aliphatic rings. The number of amides is 2. The van der Waals surface area contributed by atoms with E-state index in [2.05, 4.69) is 5.32 Å². The first-order chi connectivity index (χ1) is 13.0. The number of hydrogen-bond acceptors (Lipinski definition) is 4. The Morgan fingerprint density at radius 2 is 1.93 bits per heavy atom. The highest BCUT2D eigenvalue weighted by Gasteiger charge is 2.20. The lowest BCUT2D eigenvalue weighted by atomic mass is 10.0. The Labute approximate surface area is 158 Å². The number of rotatable bonds is 10. The number of nitrogens with one attached hydrogen (secondary N) is 1. The minimum Gasteiger partial charge on any atom is -0.481 e. The third-order valence-electron chi connectivity index (χ3n) is 4.16. The summed E-state index contributed by atoms with van der Waals surface area (Å²) in [5, 5.41) is 21.2. The first-order valence-electron chi connectivity index (χ1n) is 8.95. The van der Waals surface area contributed by atoms with Gasteiger partial charge in [0.15, 0.2) is 0 Å². The Morgan fingerprint density at radius 1 is 1.19 bits per heavy atom. The van der Waals surface area contributed by atoms with Crippen molar-refractivity contribution < 1.29 is 24.2 Å². The second-order valence-electron chi connectivity index (χ2n) is 6.43. The smallest absolute Gasteiger partial charge is 0.318 e. The predicted molar refractivity (Wildman–Crippen MR) is 100 cm³/mol. The van der Waals surface area contributed by atoms with Gasteiger partial charge in [0.05, 0.1) is 13.2 Å². The van der Waals surface area contributed by atoms with Gasteiger partial charge in [0.25, 0.3) is 0 Å². The van der Waals surface area contributed by atoms with Crippen LogP contribution in [0.25, 0.3) is 0 Å². The van der Waals surface area contributed by atoms with Crippen LogP contribution < -0.4 is 5.32 Å². The number of carbonyl (C=O) groups excluding carboxylic acids is 1. The normalized spacial score (nSPS) is 11.8. The summed E-state index contributed by atoms with van der Waals surface area (Å²) in [6.07, 6.45) is 0.824. The Kier molecular flexibility index (Phi) is 7.88. The maximum absolute atomic E-state index is 12.7. The van der Waals surface area contributed by atoms with Gasteiger partial charge in [-0.1, -0.05) is 30.3 Å². The molecule has 7 nitrogen and oxygen atoms in total. The van der Waals surface area contributed by atoms with Crippen LogP contribution >= 0.6 is 0 Å². The van der Waals surface area contributed by atoms with E-state index in [-0.39, 0.29) is 38.2 Å². The van der Waals surface area contributed by atoms with Gasteiger partial charge >= 0.3 is 12.0 Å². The van der Waals surface area contributed by atoms with Crippen LogP contribution in [-0.4, -0.2) is 46.3 Å². The molecule has 0 spiro atoms. The third-order valence-corrected chi connectivity index (χ3v) is 4.16. The molecule has 0 bridgehead atoms. The molecule has 2 rings (SSSR count). The van der Waals surface area contributed by atoms with Crippen LogP contribution in [0, 0.1) is 6.92 Å². The monoisotopic (exact) mass is 374 g/mol. The molecule has 0 saturated heterocycles. The number of furan rings is 1. The van der Waals surface area contributed by atoms with Gasteiger partial charge < -0.3 is 24.8 Å². The number of carboxylic acids is 1. The summed E-state index contributed by atoms with van der Waals surface area (Å²) < 4.78 is 5.51. The molecular weight excluding hydrogens is 348 g/mol. The summed E-state index contributed by atoms with van der Waals surface area (Å²) in [4.78, 5) is 25.1. The molecule has 1 aromatic carbocycles. The number of aryl methyl sites for hydroxylation is 1. The van der Waals surface area contributed by atoms with E-state index in [1.807, 2.05) is 43.3 Å². The van der Waals surface area contributed by atoms with Crippen molar-refractivity contribution in [1.82, 2.24) is 10.2 Å². The fourth-order valence-corrected chi connectivity index (χ4v) is 2.82. The Hall–Kier alpha value is -2.80. The molecule has 0 fully saturated rings. The lowest BCUT2D eigenvalue weighted by Gasteiger charge is -2.25. The summed E-state index contributed by atoms with van der Waals surface area (Å²) in [6.45, 7) is 2.03. The Morgan fingerprint density at radius 3 is 2.52 bits per heavy atom. The number of benzene rings is 1. The van der Waals surface area contributed by atoms with Crippen molar-refractivity contribution in [2.45, 2.75) is 38.8 Å². The topological polar surface area (TPSA) is 103 Å². The average Bonchev–Trinajstić information content (AvgIpc) is 3.05. The molecule has 3 N–H and O–H groups in total. The van der Waals surface area contributed by atoms with Crippen molar-refractivity contribution in [3.8, 4) is 0 Å². The first-order valence-corrected chi connectivity index (χ1v) is 8.95. The minimum atomic E-state index is -0.902. The maximum Gasteiger partial charge on any atom is 0.318 e. The van der Waals surface area contributed by atoms with E-state index in [0.717, 1.165) is 11.3 Å². The lowest BCUT2D eigenvalue weighted by Crippen LogP contribution is -2.46. The maximum atomic E-state index is 12.7. The molecule has 27 heavy (non-hydrogen) atoms. The van der Waals surface area contributed by atoms with Crippen LogP contribution in [0.3, 0.4) is 0 Å². The standard InChI is InChI=1S/C20H26N2O5/c1-15-7-9-18(27-15)14-22(11-12-23)20(26)21-17(8-10-19(24)25)13-16-5-3-2-4-6-16/h2-7,9,17,23H,8,10-14H2,1H3,(H,21,26)(H,24,25). The quantitative estimate of drug-likeness (QED) is 0.593. The van der Waals surface area contributed by atoms with E-state index in [9.17, 15) is 14.7 Å². The van der Waals surface area contributed by atoms with Crippen molar-refractivity contribution in [3.63, 3.8) is 0 Å². The molecule has 7 heteroatoms. The molecule has 0 saturated carbocycles. The molecular formula is C20H26N2O5. The highest BCUT2D eigenvalue weighted by molar-refractivity contribution is 5.74. The van der Waals surface area contributed by atoms with Crippen molar-refractivity contribution in [2.24, 2.45) is 0 Å². The minimum absolute atomic E-state index is 0.0326. The number of urea groups is 1. The van der Waals surface area contributed by atoms with Crippen LogP contribution in [0.15, 0.2) is 46.9 Å². The molecule has 1 heterocycles. The van der Waals surface area contributed by atoms with E-state index in [0.29, 0.717) is 18.6 Å².